The molecule has 1 atom stereocenters. The van der Waals surface area contributed by atoms with Crippen LogP contribution in [0.15, 0.2) is 36.4 Å². The zero-order valence-electron chi connectivity index (χ0n) is 12.8. The molecule has 0 bridgehead atoms. The molecule has 3 nitrogen and oxygen atoms in total. The molecule has 2 aromatic rings. The van der Waals surface area contributed by atoms with Gasteiger partial charge in [0.05, 0.1) is 0 Å². The number of esters is 1. The number of hydrogen-bond donors (Lipinski definition) is 0. The number of carbonyl (C=O) groups is 2. The molecule has 0 spiro atoms. The molecule has 0 heterocycles. The smallest absolute Gasteiger partial charge is 0.308 e. The van der Waals surface area contributed by atoms with Gasteiger partial charge in [-0.2, -0.15) is 0 Å². The Kier molecular flexibility index (Phi) is 4.23. The summed E-state index contributed by atoms with van der Waals surface area (Å²) in [7, 11) is 0. The molecule has 0 saturated heterocycles. The summed E-state index contributed by atoms with van der Waals surface area (Å²) in [6.45, 7) is 1.39. The van der Waals surface area contributed by atoms with Gasteiger partial charge in [0, 0.05) is 19.3 Å². The summed E-state index contributed by atoms with van der Waals surface area (Å²) in [6.07, 6.45) is 4.70. The lowest BCUT2D eigenvalue weighted by atomic mass is 9.87. The Morgan fingerprint density at radius 3 is 2.77 bits per heavy atom. The van der Waals surface area contributed by atoms with Crippen molar-refractivity contribution in [3.05, 3.63) is 42.0 Å². The fourth-order valence-corrected chi connectivity index (χ4v) is 3.31. The van der Waals surface area contributed by atoms with Gasteiger partial charge in [0.15, 0.2) is 0 Å². The van der Waals surface area contributed by atoms with Crippen LogP contribution in [0, 0.1) is 0 Å². The molecular formula is C19H20O3. The van der Waals surface area contributed by atoms with Crippen LogP contribution < -0.4 is 4.74 Å². The van der Waals surface area contributed by atoms with E-state index in [0.717, 1.165) is 42.0 Å². The third-order valence-corrected chi connectivity index (χ3v) is 4.31. The van der Waals surface area contributed by atoms with E-state index in [0.29, 0.717) is 18.0 Å². The van der Waals surface area contributed by atoms with Crippen molar-refractivity contribution in [1.82, 2.24) is 0 Å². The Balaban J connectivity index is 2.12. The predicted molar refractivity (Wildman–Crippen MR) is 86.1 cm³/mol. The lowest BCUT2D eigenvalue weighted by molar-refractivity contribution is -0.131. The molecule has 1 fully saturated rings. The lowest BCUT2D eigenvalue weighted by Gasteiger charge is -2.17. The first-order valence-corrected chi connectivity index (χ1v) is 7.89. The molecule has 0 N–H and O–H groups in total. The van der Waals surface area contributed by atoms with Crippen molar-refractivity contribution >= 4 is 22.5 Å². The second-order valence-electron chi connectivity index (χ2n) is 5.95. The summed E-state index contributed by atoms with van der Waals surface area (Å²) in [5.41, 5.74) is 1.00. The van der Waals surface area contributed by atoms with Gasteiger partial charge in [-0.25, -0.2) is 0 Å². The summed E-state index contributed by atoms with van der Waals surface area (Å²) in [4.78, 5) is 23.8. The number of Topliss-reactive ketones (excluding diaryl/α,β-unsaturated/α-hetero) is 1. The number of rotatable bonds is 2. The SMILES string of the molecule is CC(=O)Oc1cc(C2CCCCCC2=O)c2ccccc2c1. The normalized spacial score (nSPS) is 19.0. The molecule has 114 valence electrons. The van der Waals surface area contributed by atoms with Crippen molar-refractivity contribution in [1.29, 1.82) is 0 Å². The molecule has 0 radical (unpaired) electrons. The largest absolute Gasteiger partial charge is 0.427 e. The number of benzene rings is 2. The van der Waals surface area contributed by atoms with Gasteiger partial charge in [0.1, 0.15) is 11.5 Å². The summed E-state index contributed by atoms with van der Waals surface area (Å²) < 4.78 is 5.27. The number of ether oxygens (including phenoxy) is 1. The highest BCUT2D eigenvalue weighted by Gasteiger charge is 2.24. The van der Waals surface area contributed by atoms with Crippen LogP contribution in [0.3, 0.4) is 0 Å². The Morgan fingerprint density at radius 1 is 1.14 bits per heavy atom. The minimum Gasteiger partial charge on any atom is -0.427 e. The van der Waals surface area contributed by atoms with E-state index in [2.05, 4.69) is 0 Å². The topological polar surface area (TPSA) is 43.4 Å². The molecule has 0 aliphatic heterocycles. The molecule has 1 aliphatic carbocycles. The van der Waals surface area contributed by atoms with Crippen LogP contribution in [0.1, 0.15) is 50.5 Å². The quantitative estimate of drug-likeness (QED) is 0.469. The van der Waals surface area contributed by atoms with E-state index >= 15 is 0 Å². The molecule has 1 saturated carbocycles. The highest BCUT2D eigenvalue weighted by atomic mass is 16.5. The van der Waals surface area contributed by atoms with E-state index in [4.69, 9.17) is 4.74 Å². The van der Waals surface area contributed by atoms with Crippen molar-refractivity contribution in [2.75, 3.05) is 0 Å². The number of ketones is 1. The molecular weight excluding hydrogens is 276 g/mol. The van der Waals surface area contributed by atoms with Gasteiger partial charge in [0.25, 0.3) is 0 Å². The maximum absolute atomic E-state index is 12.5. The van der Waals surface area contributed by atoms with Gasteiger partial charge in [0.2, 0.25) is 0 Å². The zero-order chi connectivity index (χ0) is 15.5. The molecule has 2 aromatic carbocycles. The predicted octanol–water partition coefficient (Wildman–Crippen LogP) is 4.38. The van der Waals surface area contributed by atoms with Gasteiger partial charge in [-0.05, 0) is 41.3 Å². The van der Waals surface area contributed by atoms with Gasteiger partial charge >= 0.3 is 5.97 Å². The standard InChI is InChI=1S/C19H20O3/c1-13(20)22-15-11-14-7-5-6-8-16(14)18(12-15)17-9-3-2-4-10-19(17)21/h5-8,11-12,17H,2-4,9-10H2,1H3. The third-order valence-electron chi connectivity index (χ3n) is 4.31. The van der Waals surface area contributed by atoms with Gasteiger partial charge in [-0.3, -0.25) is 9.59 Å². The number of fused-ring (bicyclic) bond motifs is 1. The van der Waals surface area contributed by atoms with E-state index in [-0.39, 0.29) is 11.9 Å². The first-order valence-electron chi connectivity index (χ1n) is 7.89. The first-order chi connectivity index (χ1) is 10.6. The zero-order valence-corrected chi connectivity index (χ0v) is 12.8. The minimum absolute atomic E-state index is 0.0806. The second-order valence-corrected chi connectivity index (χ2v) is 5.95. The van der Waals surface area contributed by atoms with E-state index < -0.39 is 0 Å². The van der Waals surface area contributed by atoms with E-state index in [1.807, 2.05) is 36.4 Å². The van der Waals surface area contributed by atoms with Gasteiger partial charge in [-0.15, -0.1) is 0 Å². The molecule has 22 heavy (non-hydrogen) atoms. The summed E-state index contributed by atoms with van der Waals surface area (Å²) >= 11 is 0. The number of hydrogen-bond acceptors (Lipinski definition) is 3. The van der Waals surface area contributed by atoms with Gasteiger partial charge < -0.3 is 4.74 Å². The van der Waals surface area contributed by atoms with Crippen LogP contribution in [-0.4, -0.2) is 11.8 Å². The van der Waals surface area contributed by atoms with Crippen molar-refractivity contribution in [2.24, 2.45) is 0 Å². The van der Waals surface area contributed by atoms with Crippen molar-refractivity contribution < 1.29 is 14.3 Å². The summed E-state index contributed by atoms with van der Waals surface area (Å²) in [6, 6.07) is 11.7. The lowest BCUT2D eigenvalue weighted by Crippen LogP contribution is -2.11. The van der Waals surface area contributed by atoms with Crippen molar-refractivity contribution in [3.63, 3.8) is 0 Å². The maximum Gasteiger partial charge on any atom is 0.308 e. The van der Waals surface area contributed by atoms with E-state index in [1.165, 1.54) is 6.92 Å². The van der Waals surface area contributed by atoms with Crippen LogP contribution in [0.25, 0.3) is 10.8 Å². The molecule has 0 amide bonds. The van der Waals surface area contributed by atoms with Crippen molar-refractivity contribution in [3.8, 4) is 5.75 Å². The summed E-state index contributed by atoms with van der Waals surface area (Å²) in [5, 5.41) is 2.09. The monoisotopic (exact) mass is 296 g/mol. The maximum atomic E-state index is 12.5. The fourth-order valence-electron chi connectivity index (χ4n) is 3.31. The molecule has 1 unspecified atom stereocenters. The summed E-state index contributed by atoms with van der Waals surface area (Å²) in [5.74, 6) is 0.414. The van der Waals surface area contributed by atoms with Crippen LogP contribution in [0.4, 0.5) is 0 Å². The molecule has 3 heteroatoms. The fraction of sp³-hybridized carbons (Fsp3) is 0.368. The third kappa shape index (κ3) is 3.03. The van der Waals surface area contributed by atoms with Crippen LogP contribution in [0.2, 0.25) is 0 Å². The minimum atomic E-state index is -0.339. The van der Waals surface area contributed by atoms with Gasteiger partial charge in [-0.1, -0.05) is 37.1 Å². The second kappa shape index (κ2) is 6.30. The first kappa shape index (κ1) is 14.8. The Bertz CT molecular complexity index is 718. The average Bonchev–Trinajstić information content (AvgIpc) is 2.70. The Labute approximate surface area is 130 Å². The Morgan fingerprint density at radius 2 is 1.95 bits per heavy atom. The Hall–Kier alpha value is -2.16. The molecule has 0 aromatic heterocycles. The van der Waals surface area contributed by atoms with Crippen LogP contribution >= 0.6 is 0 Å². The highest BCUT2D eigenvalue weighted by Crippen LogP contribution is 2.36. The average molecular weight is 296 g/mol. The van der Waals surface area contributed by atoms with Crippen molar-refractivity contribution in [2.45, 2.75) is 44.9 Å². The van der Waals surface area contributed by atoms with Crippen LogP contribution in [-0.2, 0) is 9.59 Å². The highest BCUT2D eigenvalue weighted by molar-refractivity contribution is 5.95. The van der Waals surface area contributed by atoms with E-state index in [1.54, 1.807) is 0 Å². The molecule has 1 aliphatic rings. The van der Waals surface area contributed by atoms with E-state index in [9.17, 15) is 9.59 Å². The number of carbonyl (C=O) groups excluding carboxylic acids is 2. The molecule has 3 rings (SSSR count). The van der Waals surface area contributed by atoms with Crippen LogP contribution in [0.5, 0.6) is 5.75 Å².